The molecule has 3 nitrogen and oxygen atoms in total. The van der Waals surface area contributed by atoms with Crippen molar-refractivity contribution in [1.29, 1.82) is 0 Å². The van der Waals surface area contributed by atoms with Gasteiger partial charge >= 0.3 is 0 Å². The Morgan fingerprint density at radius 2 is 1.83 bits per heavy atom. The average Bonchev–Trinajstić information content (AvgIpc) is 3.11. The number of rotatable bonds is 5. The lowest BCUT2D eigenvalue weighted by Gasteiger charge is -2.18. The number of carbonyl (C=O) groups excluding carboxylic acids is 1. The van der Waals surface area contributed by atoms with Crippen molar-refractivity contribution in [3.8, 4) is 11.3 Å². The third kappa shape index (κ3) is 3.80. The van der Waals surface area contributed by atoms with E-state index in [-0.39, 0.29) is 17.6 Å². The zero-order valence-corrected chi connectivity index (χ0v) is 14.2. The van der Waals surface area contributed by atoms with Crippen molar-refractivity contribution >= 4 is 34.0 Å². The lowest BCUT2D eigenvalue weighted by atomic mass is 10.2. The summed E-state index contributed by atoms with van der Waals surface area (Å²) in [5, 5.41) is 2.48. The van der Waals surface area contributed by atoms with Crippen LogP contribution in [0.15, 0.2) is 60.0 Å². The first kappa shape index (κ1) is 16.6. The molecular weight excluding hydrogens is 347 g/mol. The first-order valence-electron chi connectivity index (χ1n) is 7.29. The third-order valence-electron chi connectivity index (χ3n) is 3.46. The number of hydrogen-bond acceptors (Lipinski definition) is 3. The van der Waals surface area contributed by atoms with Gasteiger partial charge in [-0.1, -0.05) is 42.5 Å². The van der Waals surface area contributed by atoms with Gasteiger partial charge in [-0.15, -0.1) is 22.9 Å². The van der Waals surface area contributed by atoms with Crippen LogP contribution in [0.1, 0.15) is 5.56 Å². The second-order valence-corrected chi connectivity index (χ2v) is 6.23. The fourth-order valence-electron chi connectivity index (χ4n) is 2.24. The van der Waals surface area contributed by atoms with Gasteiger partial charge in [0.25, 0.3) is 0 Å². The van der Waals surface area contributed by atoms with Crippen molar-refractivity contribution in [3.05, 3.63) is 71.4 Å². The highest BCUT2D eigenvalue weighted by atomic mass is 35.5. The summed E-state index contributed by atoms with van der Waals surface area (Å²) in [5.74, 6) is -0.689. The second kappa shape index (κ2) is 7.55. The minimum absolute atomic E-state index is 0.137. The van der Waals surface area contributed by atoms with Crippen LogP contribution in [-0.2, 0) is 11.3 Å². The molecule has 0 aliphatic heterocycles. The van der Waals surface area contributed by atoms with Gasteiger partial charge in [0.05, 0.1) is 12.2 Å². The molecule has 0 unspecified atom stereocenters. The SMILES string of the molecule is O=C(CCl)N(Cc1ccc(F)cc1)c1nc(-c2ccccc2)cs1. The number of amides is 1. The predicted molar refractivity (Wildman–Crippen MR) is 95.9 cm³/mol. The van der Waals surface area contributed by atoms with Crippen molar-refractivity contribution in [3.63, 3.8) is 0 Å². The molecule has 0 aliphatic carbocycles. The Labute approximate surface area is 148 Å². The highest BCUT2D eigenvalue weighted by Gasteiger charge is 2.19. The Morgan fingerprint density at radius 1 is 1.12 bits per heavy atom. The number of benzene rings is 2. The van der Waals surface area contributed by atoms with E-state index in [1.807, 2.05) is 35.7 Å². The van der Waals surface area contributed by atoms with Gasteiger partial charge in [-0.2, -0.15) is 0 Å². The van der Waals surface area contributed by atoms with Gasteiger partial charge in [0.1, 0.15) is 11.7 Å². The van der Waals surface area contributed by atoms with E-state index < -0.39 is 0 Å². The molecule has 1 heterocycles. The van der Waals surface area contributed by atoms with Gasteiger partial charge in [0, 0.05) is 10.9 Å². The van der Waals surface area contributed by atoms with Crippen LogP contribution < -0.4 is 4.90 Å². The maximum atomic E-state index is 13.1. The zero-order chi connectivity index (χ0) is 16.9. The molecule has 0 atom stereocenters. The molecule has 0 N–H and O–H groups in total. The maximum Gasteiger partial charge on any atom is 0.244 e. The van der Waals surface area contributed by atoms with Gasteiger partial charge in [-0.25, -0.2) is 9.37 Å². The van der Waals surface area contributed by atoms with Crippen molar-refractivity contribution in [2.75, 3.05) is 10.8 Å². The van der Waals surface area contributed by atoms with Gasteiger partial charge in [-0.3, -0.25) is 9.69 Å². The van der Waals surface area contributed by atoms with Crippen molar-refractivity contribution in [1.82, 2.24) is 4.98 Å². The molecule has 1 aromatic heterocycles. The lowest BCUT2D eigenvalue weighted by molar-refractivity contribution is -0.116. The Kier molecular flexibility index (Phi) is 5.23. The minimum atomic E-state index is -0.311. The summed E-state index contributed by atoms with van der Waals surface area (Å²) < 4.78 is 13.1. The lowest BCUT2D eigenvalue weighted by Crippen LogP contribution is -2.31. The molecule has 0 aliphatic rings. The van der Waals surface area contributed by atoms with Crippen LogP contribution in [0.3, 0.4) is 0 Å². The molecule has 0 fully saturated rings. The quantitative estimate of drug-likeness (QED) is 0.617. The van der Waals surface area contributed by atoms with Gasteiger partial charge in [0.2, 0.25) is 5.91 Å². The molecule has 2 aromatic carbocycles. The largest absolute Gasteiger partial charge is 0.283 e. The van der Waals surface area contributed by atoms with Crippen molar-refractivity contribution in [2.45, 2.75) is 6.54 Å². The molecule has 0 radical (unpaired) electrons. The normalized spacial score (nSPS) is 10.6. The monoisotopic (exact) mass is 360 g/mol. The van der Waals surface area contributed by atoms with E-state index in [0.29, 0.717) is 11.7 Å². The second-order valence-electron chi connectivity index (χ2n) is 5.12. The zero-order valence-electron chi connectivity index (χ0n) is 12.7. The molecule has 0 bridgehead atoms. The summed E-state index contributed by atoms with van der Waals surface area (Å²) in [6.07, 6.45) is 0. The predicted octanol–water partition coefficient (Wildman–Crippen LogP) is 4.72. The number of hydrogen-bond donors (Lipinski definition) is 0. The number of alkyl halides is 1. The Balaban J connectivity index is 1.88. The summed E-state index contributed by atoms with van der Waals surface area (Å²) in [5.41, 5.74) is 2.61. The molecule has 0 saturated carbocycles. The Hall–Kier alpha value is -2.24. The standard InChI is InChI=1S/C18H14ClFN2OS/c19-10-17(23)22(11-13-6-8-15(20)9-7-13)18-21-16(12-24-18)14-4-2-1-3-5-14/h1-9,12H,10-11H2. The summed E-state index contributed by atoms with van der Waals surface area (Å²) in [6.45, 7) is 0.299. The van der Waals surface area contributed by atoms with E-state index in [9.17, 15) is 9.18 Å². The van der Waals surface area contributed by atoms with Crippen molar-refractivity contribution in [2.24, 2.45) is 0 Å². The van der Waals surface area contributed by atoms with E-state index in [2.05, 4.69) is 4.98 Å². The molecule has 3 aromatic rings. The van der Waals surface area contributed by atoms with E-state index >= 15 is 0 Å². The number of anilines is 1. The molecule has 0 spiro atoms. The Morgan fingerprint density at radius 3 is 2.50 bits per heavy atom. The highest BCUT2D eigenvalue weighted by Crippen LogP contribution is 2.28. The van der Waals surface area contributed by atoms with Crippen LogP contribution in [0.25, 0.3) is 11.3 Å². The number of aromatic nitrogens is 1. The van der Waals surface area contributed by atoms with Crippen LogP contribution in [0, 0.1) is 5.82 Å². The minimum Gasteiger partial charge on any atom is -0.283 e. The van der Waals surface area contributed by atoms with Crippen LogP contribution in [-0.4, -0.2) is 16.8 Å². The fraction of sp³-hybridized carbons (Fsp3) is 0.111. The summed E-state index contributed by atoms with van der Waals surface area (Å²) in [7, 11) is 0. The molecule has 1 amide bonds. The van der Waals surface area contributed by atoms with Crippen LogP contribution in [0.5, 0.6) is 0 Å². The molecule has 0 saturated heterocycles. The number of halogens is 2. The molecule has 6 heteroatoms. The summed E-state index contributed by atoms with van der Waals surface area (Å²) in [4.78, 5) is 18.3. The first-order valence-corrected chi connectivity index (χ1v) is 8.70. The maximum absolute atomic E-state index is 13.1. The molecule has 24 heavy (non-hydrogen) atoms. The van der Waals surface area contributed by atoms with Gasteiger partial charge in [-0.05, 0) is 17.7 Å². The van der Waals surface area contributed by atoms with Crippen LogP contribution >= 0.6 is 22.9 Å². The molecule has 3 rings (SSSR count). The average molecular weight is 361 g/mol. The van der Waals surface area contributed by atoms with E-state index in [1.165, 1.54) is 28.4 Å². The smallest absolute Gasteiger partial charge is 0.244 e. The van der Waals surface area contributed by atoms with E-state index in [4.69, 9.17) is 11.6 Å². The first-order chi connectivity index (χ1) is 11.7. The van der Waals surface area contributed by atoms with Gasteiger partial charge < -0.3 is 0 Å². The number of nitrogens with zero attached hydrogens (tertiary/aromatic N) is 2. The number of thiazole rings is 1. The number of carbonyl (C=O) groups is 1. The van der Waals surface area contributed by atoms with E-state index in [0.717, 1.165) is 16.8 Å². The fourth-order valence-corrected chi connectivity index (χ4v) is 3.23. The molecule has 122 valence electrons. The third-order valence-corrected chi connectivity index (χ3v) is 4.55. The van der Waals surface area contributed by atoms with Crippen LogP contribution in [0.4, 0.5) is 9.52 Å². The highest BCUT2D eigenvalue weighted by molar-refractivity contribution is 7.14. The van der Waals surface area contributed by atoms with Crippen LogP contribution in [0.2, 0.25) is 0 Å². The topological polar surface area (TPSA) is 33.2 Å². The van der Waals surface area contributed by atoms with Crippen molar-refractivity contribution < 1.29 is 9.18 Å². The van der Waals surface area contributed by atoms with Gasteiger partial charge in [0.15, 0.2) is 5.13 Å². The Bertz CT molecular complexity index is 821. The summed E-state index contributed by atoms with van der Waals surface area (Å²) in [6, 6.07) is 15.8. The van der Waals surface area contributed by atoms with E-state index in [1.54, 1.807) is 12.1 Å². The molecular formula is C18H14ClFN2OS. The summed E-state index contributed by atoms with van der Waals surface area (Å²) >= 11 is 7.12.